The molecule has 3 heterocycles. The number of fused-ring (bicyclic) bond motifs is 3. The van der Waals surface area contributed by atoms with Gasteiger partial charge in [0, 0.05) is 18.3 Å². The van der Waals surface area contributed by atoms with E-state index in [4.69, 9.17) is 9.47 Å². The van der Waals surface area contributed by atoms with Crippen LogP contribution in [0.1, 0.15) is 5.56 Å². The predicted molar refractivity (Wildman–Crippen MR) is 83.1 cm³/mol. The number of methoxy groups -OCH3 is 1. The van der Waals surface area contributed by atoms with Crippen LogP contribution in [0.15, 0.2) is 47.4 Å². The number of rotatable bonds is 2. The molecule has 0 bridgehead atoms. The molecular weight excluding hydrogens is 280 g/mol. The molecule has 0 radical (unpaired) electrons. The van der Waals surface area contributed by atoms with Crippen molar-refractivity contribution in [3.05, 3.63) is 58.5 Å². The molecule has 22 heavy (non-hydrogen) atoms. The second kappa shape index (κ2) is 4.87. The van der Waals surface area contributed by atoms with Crippen molar-refractivity contribution in [3.8, 4) is 17.2 Å². The van der Waals surface area contributed by atoms with Crippen LogP contribution >= 0.6 is 0 Å². The van der Waals surface area contributed by atoms with Gasteiger partial charge >= 0.3 is 0 Å². The lowest BCUT2D eigenvalue weighted by molar-refractivity contribution is 0.359. The summed E-state index contributed by atoms with van der Waals surface area (Å²) in [6, 6.07) is 11.1. The number of ether oxygens (including phenoxy) is 2. The molecule has 0 saturated carbocycles. The van der Waals surface area contributed by atoms with E-state index in [1.54, 1.807) is 17.9 Å². The van der Waals surface area contributed by atoms with E-state index >= 15 is 0 Å². The Bertz CT molecular complexity index is 914. The molecule has 0 atom stereocenters. The topological polar surface area (TPSA) is 53.4 Å². The highest BCUT2D eigenvalue weighted by molar-refractivity contribution is 5.84. The largest absolute Gasteiger partial charge is 0.497 e. The quantitative estimate of drug-likeness (QED) is 0.728. The summed E-state index contributed by atoms with van der Waals surface area (Å²) >= 11 is 0. The average Bonchev–Trinajstić information content (AvgIpc) is 3.06. The molecule has 1 aliphatic rings. The third-order valence-electron chi connectivity index (χ3n) is 3.91. The molecule has 5 heteroatoms. The highest BCUT2D eigenvalue weighted by Gasteiger charge is 2.23. The van der Waals surface area contributed by atoms with E-state index < -0.39 is 0 Å². The lowest BCUT2D eigenvalue weighted by Gasteiger charge is -2.13. The van der Waals surface area contributed by atoms with E-state index in [0.717, 1.165) is 22.5 Å². The number of hydrogen-bond acceptors (Lipinski definition) is 4. The Labute approximate surface area is 126 Å². The molecule has 0 fully saturated rings. The Balaban J connectivity index is 2.06. The number of hydrogen-bond donors (Lipinski definition) is 0. The summed E-state index contributed by atoms with van der Waals surface area (Å²) in [5.41, 5.74) is 2.92. The fourth-order valence-corrected chi connectivity index (χ4v) is 2.86. The zero-order valence-electron chi connectivity index (χ0n) is 12.1. The van der Waals surface area contributed by atoms with Crippen LogP contribution in [0.5, 0.6) is 11.5 Å². The minimum atomic E-state index is -0.0434. The SMILES string of the molecule is COc1ccc(-n2c(=O)c3c(c4ncccc42)OCC3)cc1. The lowest BCUT2D eigenvalue weighted by atomic mass is 10.1. The van der Waals surface area contributed by atoms with Crippen molar-refractivity contribution in [2.75, 3.05) is 13.7 Å². The number of benzene rings is 1. The van der Waals surface area contributed by atoms with E-state index in [1.807, 2.05) is 36.4 Å². The monoisotopic (exact) mass is 294 g/mol. The van der Waals surface area contributed by atoms with Crippen LogP contribution in [0.2, 0.25) is 0 Å². The van der Waals surface area contributed by atoms with Gasteiger partial charge in [0.25, 0.3) is 5.56 Å². The summed E-state index contributed by atoms with van der Waals surface area (Å²) in [4.78, 5) is 17.3. The number of nitrogens with zero attached hydrogens (tertiary/aromatic N) is 2. The number of aromatic nitrogens is 2. The van der Waals surface area contributed by atoms with E-state index in [-0.39, 0.29) is 5.56 Å². The fourth-order valence-electron chi connectivity index (χ4n) is 2.86. The zero-order chi connectivity index (χ0) is 15.1. The maximum Gasteiger partial charge on any atom is 0.262 e. The second-order valence-corrected chi connectivity index (χ2v) is 5.12. The Morgan fingerprint density at radius 3 is 2.82 bits per heavy atom. The van der Waals surface area contributed by atoms with Gasteiger partial charge in [0.2, 0.25) is 0 Å². The summed E-state index contributed by atoms with van der Waals surface area (Å²) in [6.07, 6.45) is 2.34. The van der Waals surface area contributed by atoms with E-state index in [2.05, 4.69) is 4.98 Å². The number of pyridine rings is 2. The smallest absolute Gasteiger partial charge is 0.262 e. The van der Waals surface area contributed by atoms with Crippen molar-refractivity contribution in [3.63, 3.8) is 0 Å². The van der Waals surface area contributed by atoms with Crippen LogP contribution in [0, 0.1) is 0 Å². The molecule has 2 aromatic heterocycles. The molecule has 0 saturated heterocycles. The highest BCUT2D eigenvalue weighted by atomic mass is 16.5. The first-order valence-corrected chi connectivity index (χ1v) is 7.09. The minimum absolute atomic E-state index is 0.0434. The minimum Gasteiger partial charge on any atom is -0.497 e. The Kier molecular flexibility index (Phi) is 2.85. The fraction of sp³-hybridized carbons (Fsp3) is 0.176. The van der Waals surface area contributed by atoms with Crippen molar-refractivity contribution >= 4 is 11.0 Å². The maximum absolute atomic E-state index is 12.9. The van der Waals surface area contributed by atoms with Crippen LogP contribution in [0.25, 0.3) is 16.7 Å². The Hall–Kier alpha value is -2.82. The molecular formula is C17H14N2O3. The van der Waals surface area contributed by atoms with Gasteiger partial charge in [-0.05, 0) is 36.4 Å². The summed E-state index contributed by atoms with van der Waals surface area (Å²) in [5, 5.41) is 0. The van der Waals surface area contributed by atoms with Gasteiger partial charge in [-0.2, -0.15) is 0 Å². The van der Waals surface area contributed by atoms with Crippen LogP contribution in [-0.4, -0.2) is 23.3 Å². The Morgan fingerprint density at radius 2 is 2.05 bits per heavy atom. The molecule has 1 aliphatic heterocycles. The van der Waals surface area contributed by atoms with Crippen molar-refractivity contribution < 1.29 is 9.47 Å². The van der Waals surface area contributed by atoms with Crippen molar-refractivity contribution in [2.24, 2.45) is 0 Å². The van der Waals surface area contributed by atoms with E-state index in [1.165, 1.54) is 0 Å². The van der Waals surface area contributed by atoms with Crippen LogP contribution < -0.4 is 15.0 Å². The standard InChI is InChI=1S/C17H14N2O3/c1-21-12-6-4-11(5-7-12)19-14-3-2-9-18-15(14)16-13(17(19)20)8-10-22-16/h2-7,9H,8,10H2,1H3. The van der Waals surface area contributed by atoms with Gasteiger partial charge in [0.15, 0.2) is 5.75 Å². The second-order valence-electron chi connectivity index (χ2n) is 5.12. The van der Waals surface area contributed by atoms with Gasteiger partial charge in [-0.3, -0.25) is 14.3 Å². The molecule has 1 aromatic carbocycles. The molecule has 110 valence electrons. The molecule has 0 amide bonds. The Morgan fingerprint density at radius 1 is 1.23 bits per heavy atom. The van der Waals surface area contributed by atoms with Gasteiger partial charge in [-0.15, -0.1) is 0 Å². The average molecular weight is 294 g/mol. The summed E-state index contributed by atoms with van der Waals surface area (Å²) in [6.45, 7) is 0.531. The summed E-state index contributed by atoms with van der Waals surface area (Å²) < 4.78 is 12.5. The van der Waals surface area contributed by atoms with Crippen molar-refractivity contribution in [2.45, 2.75) is 6.42 Å². The van der Waals surface area contributed by atoms with E-state index in [9.17, 15) is 4.79 Å². The molecule has 0 spiro atoms. The van der Waals surface area contributed by atoms with Gasteiger partial charge in [0.1, 0.15) is 11.3 Å². The normalized spacial score (nSPS) is 13.0. The summed E-state index contributed by atoms with van der Waals surface area (Å²) in [7, 11) is 1.62. The van der Waals surface area contributed by atoms with Crippen molar-refractivity contribution in [1.82, 2.24) is 9.55 Å². The van der Waals surface area contributed by atoms with Crippen molar-refractivity contribution in [1.29, 1.82) is 0 Å². The predicted octanol–water partition coefficient (Wildman–Crippen LogP) is 2.33. The molecule has 0 unspecified atom stereocenters. The molecule has 4 rings (SSSR count). The zero-order valence-corrected chi connectivity index (χ0v) is 12.1. The van der Waals surface area contributed by atoms with Crippen LogP contribution in [-0.2, 0) is 6.42 Å². The molecule has 5 nitrogen and oxygen atoms in total. The maximum atomic E-state index is 12.9. The lowest BCUT2D eigenvalue weighted by Crippen LogP contribution is -2.22. The molecule has 3 aromatic rings. The van der Waals surface area contributed by atoms with Gasteiger partial charge in [-0.25, -0.2) is 0 Å². The molecule has 0 N–H and O–H groups in total. The van der Waals surface area contributed by atoms with Crippen LogP contribution in [0.4, 0.5) is 0 Å². The van der Waals surface area contributed by atoms with E-state index in [0.29, 0.717) is 24.3 Å². The first-order valence-electron chi connectivity index (χ1n) is 7.09. The molecule has 0 aliphatic carbocycles. The first kappa shape index (κ1) is 12.9. The summed E-state index contributed by atoms with van der Waals surface area (Å²) in [5.74, 6) is 1.38. The van der Waals surface area contributed by atoms with Crippen LogP contribution in [0.3, 0.4) is 0 Å². The van der Waals surface area contributed by atoms with Gasteiger partial charge in [0.05, 0.1) is 24.8 Å². The van der Waals surface area contributed by atoms with Gasteiger partial charge < -0.3 is 9.47 Å². The third kappa shape index (κ3) is 1.79. The van der Waals surface area contributed by atoms with Gasteiger partial charge in [-0.1, -0.05) is 0 Å². The first-order chi connectivity index (χ1) is 10.8. The highest BCUT2D eigenvalue weighted by Crippen LogP contribution is 2.31. The third-order valence-corrected chi connectivity index (χ3v) is 3.91.